The van der Waals surface area contributed by atoms with Crippen molar-refractivity contribution in [2.45, 2.75) is 24.5 Å². The molecule has 1 heterocycles. The number of aliphatic hydroxyl groups is 1. The summed E-state index contributed by atoms with van der Waals surface area (Å²) in [4.78, 5) is 0. The largest absolute Gasteiger partial charge is 0.387 e. The Morgan fingerprint density at radius 2 is 2.57 bits per heavy atom. The highest BCUT2D eigenvalue weighted by Crippen LogP contribution is 2.46. The number of hydrogen-bond donors (Lipinski definition) is 1. The third-order valence-electron chi connectivity index (χ3n) is 1.83. The lowest BCUT2D eigenvalue weighted by Gasteiger charge is -1.93. The van der Waals surface area contributed by atoms with Gasteiger partial charge in [0.1, 0.15) is 0 Å². The van der Waals surface area contributed by atoms with Gasteiger partial charge in [-0.25, -0.2) is 0 Å². The van der Waals surface area contributed by atoms with Crippen LogP contribution in [0.25, 0.3) is 0 Å². The van der Waals surface area contributed by atoms with E-state index in [0.29, 0.717) is 0 Å². The first-order chi connectivity index (χ1) is 3.31. The molecular formula is C5H8O2. The molecule has 2 nitrogen and oxygen atoms in total. The van der Waals surface area contributed by atoms with Gasteiger partial charge in [0.2, 0.25) is 0 Å². The van der Waals surface area contributed by atoms with Crippen LogP contribution in [0.1, 0.15) is 12.8 Å². The van der Waals surface area contributed by atoms with E-state index in [4.69, 9.17) is 9.84 Å². The molecule has 1 saturated carbocycles. The first-order valence-corrected chi connectivity index (χ1v) is 2.65. The molecule has 2 heteroatoms. The molecule has 2 rings (SSSR count). The molecule has 2 aliphatic rings. The standard InChI is InChI=1S/C5H8O2/c6-5-1-2-7-4(5)3-5/h4,6H,1-3H2. The average Bonchev–Trinajstić information content (AvgIpc) is 2.09. The fraction of sp³-hybridized carbons (Fsp3) is 1.00. The summed E-state index contributed by atoms with van der Waals surface area (Å²) in [5.41, 5.74) is -0.361. The first kappa shape index (κ1) is 3.87. The van der Waals surface area contributed by atoms with E-state index in [2.05, 4.69) is 0 Å². The topological polar surface area (TPSA) is 29.5 Å². The monoisotopic (exact) mass is 100 g/mol. The molecule has 1 saturated heterocycles. The van der Waals surface area contributed by atoms with Crippen LogP contribution in [0.15, 0.2) is 0 Å². The number of fused-ring (bicyclic) bond motifs is 1. The Hall–Kier alpha value is -0.0800. The Morgan fingerprint density at radius 1 is 1.71 bits per heavy atom. The summed E-state index contributed by atoms with van der Waals surface area (Å²) in [5, 5.41) is 9.14. The highest BCUT2D eigenvalue weighted by molar-refractivity contribution is 5.08. The number of hydrogen-bond acceptors (Lipinski definition) is 2. The zero-order chi connectivity index (χ0) is 4.91. The van der Waals surface area contributed by atoms with E-state index < -0.39 is 0 Å². The van der Waals surface area contributed by atoms with Crippen molar-refractivity contribution < 1.29 is 9.84 Å². The van der Waals surface area contributed by atoms with Crippen molar-refractivity contribution in [3.05, 3.63) is 0 Å². The molecule has 40 valence electrons. The Balaban J connectivity index is 2.17. The van der Waals surface area contributed by atoms with Gasteiger partial charge in [0.15, 0.2) is 0 Å². The van der Waals surface area contributed by atoms with Crippen LogP contribution in [0.2, 0.25) is 0 Å². The third-order valence-corrected chi connectivity index (χ3v) is 1.83. The summed E-state index contributed by atoms with van der Waals surface area (Å²) >= 11 is 0. The van der Waals surface area contributed by atoms with Gasteiger partial charge in [-0.15, -0.1) is 0 Å². The summed E-state index contributed by atoms with van der Waals surface area (Å²) in [6, 6.07) is 0. The quantitative estimate of drug-likeness (QED) is 0.461. The lowest BCUT2D eigenvalue weighted by Crippen LogP contribution is -2.05. The zero-order valence-electron chi connectivity index (χ0n) is 4.05. The molecule has 2 fully saturated rings. The van der Waals surface area contributed by atoms with Gasteiger partial charge in [-0.3, -0.25) is 0 Å². The maximum atomic E-state index is 9.14. The molecule has 1 aliphatic carbocycles. The minimum absolute atomic E-state index is 0.215. The SMILES string of the molecule is OC12CCOC1C2. The van der Waals surface area contributed by atoms with Crippen molar-refractivity contribution in [3.8, 4) is 0 Å². The van der Waals surface area contributed by atoms with Crippen molar-refractivity contribution in [1.82, 2.24) is 0 Å². The minimum atomic E-state index is -0.361. The van der Waals surface area contributed by atoms with Gasteiger partial charge in [-0.1, -0.05) is 0 Å². The summed E-state index contributed by atoms with van der Waals surface area (Å²) in [6.07, 6.45) is 1.96. The molecule has 0 aromatic heterocycles. The van der Waals surface area contributed by atoms with E-state index in [-0.39, 0.29) is 11.7 Å². The summed E-state index contributed by atoms with van der Waals surface area (Å²) < 4.78 is 5.08. The van der Waals surface area contributed by atoms with E-state index in [9.17, 15) is 0 Å². The smallest absolute Gasteiger partial charge is 0.0956 e. The Labute approximate surface area is 42.1 Å². The number of ether oxygens (including phenoxy) is 1. The van der Waals surface area contributed by atoms with Crippen LogP contribution in [0.5, 0.6) is 0 Å². The van der Waals surface area contributed by atoms with Crippen molar-refractivity contribution in [2.24, 2.45) is 0 Å². The van der Waals surface area contributed by atoms with Crippen molar-refractivity contribution >= 4 is 0 Å². The molecule has 2 atom stereocenters. The van der Waals surface area contributed by atoms with E-state index in [1.807, 2.05) is 0 Å². The van der Waals surface area contributed by atoms with Gasteiger partial charge in [0.05, 0.1) is 11.7 Å². The van der Waals surface area contributed by atoms with Gasteiger partial charge in [-0.05, 0) is 0 Å². The highest BCUT2D eigenvalue weighted by atomic mass is 16.5. The van der Waals surface area contributed by atoms with Crippen LogP contribution in [0.4, 0.5) is 0 Å². The summed E-state index contributed by atoms with van der Waals surface area (Å²) in [7, 11) is 0. The fourth-order valence-corrected chi connectivity index (χ4v) is 1.12. The van der Waals surface area contributed by atoms with Gasteiger partial charge >= 0.3 is 0 Å². The van der Waals surface area contributed by atoms with Gasteiger partial charge in [-0.2, -0.15) is 0 Å². The second-order valence-electron chi connectivity index (χ2n) is 2.42. The molecule has 1 aliphatic heterocycles. The molecule has 2 unspecified atom stereocenters. The Bertz CT molecular complexity index is 100. The maximum absolute atomic E-state index is 9.14. The fourth-order valence-electron chi connectivity index (χ4n) is 1.12. The lowest BCUT2D eigenvalue weighted by atomic mass is 10.3. The van der Waals surface area contributed by atoms with Crippen LogP contribution in [-0.4, -0.2) is 23.4 Å². The predicted molar refractivity (Wildman–Crippen MR) is 23.9 cm³/mol. The van der Waals surface area contributed by atoms with Crippen LogP contribution in [-0.2, 0) is 4.74 Å². The normalized spacial score (nSPS) is 57.0. The molecule has 0 spiro atoms. The minimum Gasteiger partial charge on any atom is -0.387 e. The maximum Gasteiger partial charge on any atom is 0.0956 e. The van der Waals surface area contributed by atoms with Crippen LogP contribution < -0.4 is 0 Å². The lowest BCUT2D eigenvalue weighted by molar-refractivity contribution is 0.124. The van der Waals surface area contributed by atoms with Gasteiger partial charge < -0.3 is 9.84 Å². The first-order valence-electron chi connectivity index (χ1n) is 2.65. The van der Waals surface area contributed by atoms with E-state index >= 15 is 0 Å². The van der Waals surface area contributed by atoms with Gasteiger partial charge in [0, 0.05) is 19.4 Å². The molecule has 0 bridgehead atoms. The molecule has 7 heavy (non-hydrogen) atoms. The average molecular weight is 100 g/mol. The molecule has 1 N–H and O–H groups in total. The summed E-state index contributed by atoms with van der Waals surface area (Å²) in [6.45, 7) is 0.765. The Morgan fingerprint density at radius 3 is 2.71 bits per heavy atom. The van der Waals surface area contributed by atoms with E-state index in [1.165, 1.54) is 0 Å². The summed E-state index contributed by atoms with van der Waals surface area (Å²) in [5.74, 6) is 0. The predicted octanol–water partition coefficient (Wildman–Crippen LogP) is -0.0899. The molecular weight excluding hydrogens is 92.1 g/mol. The van der Waals surface area contributed by atoms with Crippen molar-refractivity contribution in [1.29, 1.82) is 0 Å². The molecule has 0 radical (unpaired) electrons. The van der Waals surface area contributed by atoms with Crippen molar-refractivity contribution in [2.75, 3.05) is 6.61 Å². The van der Waals surface area contributed by atoms with E-state index in [1.54, 1.807) is 0 Å². The highest BCUT2D eigenvalue weighted by Gasteiger charge is 2.57. The van der Waals surface area contributed by atoms with Crippen LogP contribution in [0, 0.1) is 0 Å². The Kier molecular flexibility index (Phi) is 0.474. The zero-order valence-corrected chi connectivity index (χ0v) is 4.05. The second kappa shape index (κ2) is 0.858. The molecule has 0 amide bonds. The number of rotatable bonds is 0. The molecule has 0 aromatic carbocycles. The third kappa shape index (κ3) is 0.359. The van der Waals surface area contributed by atoms with Gasteiger partial charge in [0.25, 0.3) is 0 Å². The second-order valence-corrected chi connectivity index (χ2v) is 2.42. The molecule has 0 aromatic rings. The van der Waals surface area contributed by atoms with Crippen molar-refractivity contribution in [3.63, 3.8) is 0 Å². The van der Waals surface area contributed by atoms with Crippen LogP contribution in [0.3, 0.4) is 0 Å². The van der Waals surface area contributed by atoms with Crippen LogP contribution >= 0.6 is 0 Å². The van der Waals surface area contributed by atoms with E-state index in [0.717, 1.165) is 19.4 Å².